The van der Waals surface area contributed by atoms with E-state index in [0.717, 1.165) is 51.3 Å². The molecule has 28 heavy (non-hydrogen) atoms. The van der Waals surface area contributed by atoms with E-state index >= 15 is 0 Å². The van der Waals surface area contributed by atoms with Gasteiger partial charge in [-0.25, -0.2) is 9.97 Å². The van der Waals surface area contributed by atoms with E-state index in [1.54, 1.807) is 6.07 Å². The van der Waals surface area contributed by atoms with Gasteiger partial charge in [-0.2, -0.15) is 0 Å². The van der Waals surface area contributed by atoms with Crippen LogP contribution in [0, 0.1) is 6.92 Å². The van der Waals surface area contributed by atoms with Crippen molar-refractivity contribution in [2.24, 2.45) is 0 Å². The molecule has 2 aliphatic rings. The zero-order valence-corrected chi connectivity index (χ0v) is 16.3. The Balaban J connectivity index is 1.32. The van der Waals surface area contributed by atoms with Crippen molar-refractivity contribution in [3.05, 3.63) is 59.4 Å². The quantitative estimate of drug-likeness (QED) is 0.838. The number of hydrogen-bond donors (Lipinski definition) is 1. The predicted molar refractivity (Wildman–Crippen MR) is 111 cm³/mol. The van der Waals surface area contributed by atoms with Crippen molar-refractivity contribution in [2.75, 3.05) is 37.6 Å². The summed E-state index contributed by atoms with van der Waals surface area (Å²) in [6, 6.07) is 12.5. The van der Waals surface area contributed by atoms with Crippen molar-refractivity contribution in [3.8, 4) is 0 Å². The average Bonchev–Trinajstić information content (AvgIpc) is 3.53. The molecule has 1 saturated carbocycles. The molecular formula is C22H27N5O. The molecule has 0 bridgehead atoms. The predicted octanol–water partition coefficient (Wildman–Crippen LogP) is 2.51. The van der Waals surface area contributed by atoms with E-state index in [4.69, 9.17) is 0 Å². The van der Waals surface area contributed by atoms with Crippen LogP contribution < -0.4 is 10.2 Å². The Labute approximate surface area is 166 Å². The van der Waals surface area contributed by atoms with E-state index in [1.807, 2.05) is 13.0 Å². The number of hydrogen-bond acceptors (Lipinski definition) is 5. The summed E-state index contributed by atoms with van der Waals surface area (Å²) < 4.78 is 0. The monoisotopic (exact) mass is 377 g/mol. The Morgan fingerprint density at radius 2 is 1.89 bits per heavy atom. The number of carbonyl (C=O) groups is 1. The molecule has 1 aliphatic heterocycles. The molecule has 1 aromatic heterocycles. The molecule has 1 amide bonds. The van der Waals surface area contributed by atoms with Gasteiger partial charge in [-0.05, 0) is 31.4 Å². The second kappa shape index (κ2) is 8.52. The fourth-order valence-corrected chi connectivity index (χ4v) is 3.33. The summed E-state index contributed by atoms with van der Waals surface area (Å²) in [4.78, 5) is 26.0. The van der Waals surface area contributed by atoms with Gasteiger partial charge in [0.05, 0.1) is 0 Å². The molecule has 6 nitrogen and oxygen atoms in total. The van der Waals surface area contributed by atoms with Gasteiger partial charge in [-0.3, -0.25) is 9.69 Å². The number of piperazine rings is 1. The minimum Gasteiger partial charge on any atom is -0.348 e. The first-order chi connectivity index (χ1) is 13.7. The third-order valence-corrected chi connectivity index (χ3v) is 5.12. The highest BCUT2D eigenvalue weighted by Gasteiger charge is 2.25. The van der Waals surface area contributed by atoms with Crippen molar-refractivity contribution in [2.45, 2.75) is 25.8 Å². The van der Waals surface area contributed by atoms with E-state index in [0.29, 0.717) is 17.7 Å². The summed E-state index contributed by atoms with van der Waals surface area (Å²) in [5.74, 6) is 0.583. The topological polar surface area (TPSA) is 61.4 Å². The first-order valence-corrected chi connectivity index (χ1v) is 10.0. The second-order valence-electron chi connectivity index (χ2n) is 7.54. The van der Waals surface area contributed by atoms with Crippen molar-refractivity contribution < 1.29 is 4.79 Å². The summed E-state index contributed by atoms with van der Waals surface area (Å²) in [6.07, 6.45) is 6.53. The maximum Gasteiger partial charge on any atom is 0.270 e. The van der Waals surface area contributed by atoms with Crippen molar-refractivity contribution >= 4 is 17.9 Å². The van der Waals surface area contributed by atoms with Crippen LogP contribution in [0.5, 0.6) is 0 Å². The molecule has 0 atom stereocenters. The van der Waals surface area contributed by atoms with Crippen LogP contribution in [0.3, 0.4) is 0 Å². The Morgan fingerprint density at radius 3 is 2.61 bits per heavy atom. The molecule has 146 valence electrons. The second-order valence-corrected chi connectivity index (χ2v) is 7.54. The van der Waals surface area contributed by atoms with Gasteiger partial charge in [-0.1, -0.05) is 42.5 Å². The standard InChI is InChI=1S/C22H27N5O/c1-17-16-20(21(28)24-19-9-10-19)25-22(23-17)27-14-12-26(13-15-27)11-5-8-18-6-3-2-4-7-18/h2-8,16,19H,9-15H2,1H3,(H,24,28)/b8-5+. The molecule has 1 N–H and O–H groups in total. The maximum absolute atomic E-state index is 12.3. The zero-order valence-electron chi connectivity index (χ0n) is 16.3. The summed E-state index contributed by atoms with van der Waals surface area (Å²) >= 11 is 0. The largest absolute Gasteiger partial charge is 0.348 e. The molecule has 2 fully saturated rings. The van der Waals surface area contributed by atoms with E-state index in [1.165, 1.54) is 5.56 Å². The third-order valence-electron chi connectivity index (χ3n) is 5.12. The summed E-state index contributed by atoms with van der Waals surface area (Å²) in [5, 5.41) is 3.01. The fraction of sp³-hybridized carbons (Fsp3) is 0.409. The number of aromatic nitrogens is 2. The molecule has 0 unspecified atom stereocenters. The number of carbonyl (C=O) groups excluding carboxylic acids is 1. The molecular weight excluding hydrogens is 350 g/mol. The zero-order chi connectivity index (χ0) is 19.3. The van der Waals surface area contributed by atoms with E-state index in [2.05, 4.69) is 61.5 Å². The molecule has 1 saturated heterocycles. The van der Waals surface area contributed by atoms with Crippen LogP contribution in [0.4, 0.5) is 5.95 Å². The van der Waals surface area contributed by atoms with Gasteiger partial charge >= 0.3 is 0 Å². The van der Waals surface area contributed by atoms with Crippen LogP contribution >= 0.6 is 0 Å². The van der Waals surface area contributed by atoms with Crippen molar-refractivity contribution in [1.82, 2.24) is 20.2 Å². The Kier molecular flexibility index (Phi) is 5.67. The summed E-state index contributed by atoms with van der Waals surface area (Å²) in [5.41, 5.74) is 2.54. The first-order valence-electron chi connectivity index (χ1n) is 10.0. The van der Waals surface area contributed by atoms with Gasteiger partial charge in [0.1, 0.15) is 5.69 Å². The van der Waals surface area contributed by atoms with Crippen LogP contribution in [-0.4, -0.2) is 59.5 Å². The number of anilines is 1. The lowest BCUT2D eigenvalue weighted by atomic mass is 10.2. The van der Waals surface area contributed by atoms with Gasteiger partial charge < -0.3 is 10.2 Å². The summed E-state index contributed by atoms with van der Waals surface area (Å²) in [6.45, 7) is 6.51. The molecule has 0 spiro atoms. The van der Waals surface area contributed by atoms with Crippen LogP contribution in [0.15, 0.2) is 42.5 Å². The van der Waals surface area contributed by atoms with Crippen molar-refractivity contribution in [1.29, 1.82) is 0 Å². The van der Waals surface area contributed by atoms with Crippen LogP contribution in [-0.2, 0) is 0 Å². The lowest BCUT2D eigenvalue weighted by Crippen LogP contribution is -2.47. The Bertz CT molecular complexity index is 839. The Morgan fingerprint density at radius 1 is 1.14 bits per heavy atom. The average molecular weight is 377 g/mol. The van der Waals surface area contributed by atoms with Gasteiger partial charge in [0, 0.05) is 44.5 Å². The van der Waals surface area contributed by atoms with E-state index in [-0.39, 0.29) is 5.91 Å². The molecule has 2 heterocycles. The van der Waals surface area contributed by atoms with Gasteiger partial charge in [0.2, 0.25) is 5.95 Å². The van der Waals surface area contributed by atoms with Gasteiger partial charge in [0.15, 0.2) is 0 Å². The first kappa shape index (κ1) is 18.6. The Hall–Kier alpha value is -2.73. The maximum atomic E-state index is 12.3. The van der Waals surface area contributed by atoms with Crippen molar-refractivity contribution in [3.63, 3.8) is 0 Å². The molecule has 0 radical (unpaired) electrons. The molecule has 2 aromatic rings. The molecule has 1 aromatic carbocycles. The number of rotatable bonds is 6. The van der Waals surface area contributed by atoms with E-state index < -0.39 is 0 Å². The SMILES string of the molecule is Cc1cc(C(=O)NC2CC2)nc(N2CCN(C/C=C/c3ccccc3)CC2)n1. The highest BCUT2D eigenvalue weighted by Crippen LogP contribution is 2.20. The number of amides is 1. The highest BCUT2D eigenvalue weighted by atomic mass is 16.2. The minimum atomic E-state index is -0.0843. The molecule has 6 heteroatoms. The van der Waals surface area contributed by atoms with Gasteiger partial charge in [-0.15, -0.1) is 0 Å². The lowest BCUT2D eigenvalue weighted by molar-refractivity contribution is 0.0946. The van der Waals surface area contributed by atoms with Crippen LogP contribution in [0.1, 0.15) is 34.6 Å². The minimum absolute atomic E-state index is 0.0843. The summed E-state index contributed by atoms with van der Waals surface area (Å²) in [7, 11) is 0. The lowest BCUT2D eigenvalue weighted by Gasteiger charge is -2.34. The number of nitrogens with one attached hydrogen (secondary N) is 1. The molecule has 1 aliphatic carbocycles. The normalized spacial score (nSPS) is 17.8. The smallest absolute Gasteiger partial charge is 0.270 e. The van der Waals surface area contributed by atoms with E-state index in [9.17, 15) is 4.79 Å². The number of benzene rings is 1. The number of nitrogens with zero attached hydrogens (tertiary/aromatic N) is 4. The number of aryl methyl sites for hydroxylation is 1. The molecule has 4 rings (SSSR count). The fourth-order valence-electron chi connectivity index (χ4n) is 3.33. The van der Waals surface area contributed by atoms with Gasteiger partial charge in [0.25, 0.3) is 5.91 Å². The van der Waals surface area contributed by atoms with Crippen LogP contribution in [0.2, 0.25) is 0 Å². The highest BCUT2D eigenvalue weighted by molar-refractivity contribution is 5.93. The third kappa shape index (κ3) is 4.95. The van der Waals surface area contributed by atoms with Crippen LogP contribution in [0.25, 0.3) is 6.08 Å².